The first-order valence-corrected chi connectivity index (χ1v) is 4.90. The number of aliphatic hydroxyl groups is 3. The maximum Gasteiger partial charge on any atom is 0.181 e. The third kappa shape index (κ3) is 0.525. The minimum absolute atomic E-state index is 0.0231. The van der Waals surface area contributed by atoms with Crippen LogP contribution in [0, 0.1) is 16.7 Å². The molecule has 5 heteroatoms. The minimum Gasteiger partial charge on any atom is -0.396 e. The fourth-order valence-corrected chi connectivity index (χ4v) is 3.71. The van der Waals surface area contributed by atoms with Crippen LogP contribution < -0.4 is 0 Å². The van der Waals surface area contributed by atoms with E-state index in [2.05, 4.69) is 0 Å². The molecule has 1 saturated heterocycles. The van der Waals surface area contributed by atoms with Gasteiger partial charge in [0.05, 0.1) is 38.0 Å². The molecule has 3 aliphatic rings. The van der Waals surface area contributed by atoms with Crippen LogP contribution in [0.3, 0.4) is 0 Å². The van der Waals surface area contributed by atoms with Gasteiger partial charge in [0.15, 0.2) is 5.79 Å². The minimum atomic E-state index is -1.73. The van der Waals surface area contributed by atoms with Gasteiger partial charge in [-0.25, -0.2) is 0 Å². The SMILES string of the molecule is [B][C@H](C)[C@H]1OCC23C1[C@@]2(CO)C3(O)O. The van der Waals surface area contributed by atoms with Crippen LogP contribution in [0.2, 0.25) is 5.82 Å². The molecule has 0 bridgehead atoms. The third-order valence-electron chi connectivity index (χ3n) is 4.56. The lowest BCUT2D eigenvalue weighted by Crippen LogP contribution is -2.38. The van der Waals surface area contributed by atoms with Gasteiger partial charge in [0, 0.05) is 5.92 Å². The Morgan fingerprint density at radius 1 is 1.57 bits per heavy atom. The topological polar surface area (TPSA) is 69.9 Å². The highest BCUT2D eigenvalue weighted by Gasteiger charge is 3.09. The molecule has 3 fully saturated rings. The highest BCUT2D eigenvalue weighted by Crippen LogP contribution is 2.97. The van der Waals surface area contributed by atoms with E-state index >= 15 is 0 Å². The van der Waals surface area contributed by atoms with Crippen molar-refractivity contribution < 1.29 is 20.1 Å². The van der Waals surface area contributed by atoms with Gasteiger partial charge in [-0.05, 0) is 0 Å². The Balaban J connectivity index is 1.90. The van der Waals surface area contributed by atoms with Crippen LogP contribution in [-0.2, 0) is 4.74 Å². The molecule has 0 aromatic rings. The number of rotatable bonds is 2. The molecule has 76 valence electrons. The first kappa shape index (κ1) is 9.15. The van der Waals surface area contributed by atoms with E-state index in [4.69, 9.17) is 12.6 Å². The number of hydrogen-bond acceptors (Lipinski definition) is 4. The van der Waals surface area contributed by atoms with Crippen LogP contribution in [0.4, 0.5) is 0 Å². The van der Waals surface area contributed by atoms with Crippen molar-refractivity contribution in [2.45, 2.75) is 24.6 Å². The van der Waals surface area contributed by atoms with Crippen LogP contribution in [0.25, 0.3) is 0 Å². The summed E-state index contributed by atoms with van der Waals surface area (Å²) in [5, 5.41) is 28.5. The Hall–Kier alpha value is -0.0951. The zero-order valence-corrected chi connectivity index (χ0v) is 7.97. The van der Waals surface area contributed by atoms with Crippen molar-refractivity contribution in [1.29, 1.82) is 0 Å². The third-order valence-corrected chi connectivity index (χ3v) is 4.56. The molecule has 1 spiro atoms. The van der Waals surface area contributed by atoms with Crippen LogP contribution >= 0.6 is 0 Å². The molecule has 4 nitrogen and oxygen atoms in total. The van der Waals surface area contributed by atoms with E-state index in [1.807, 2.05) is 6.92 Å². The zero-order valence-electron chi connectivity index (χ0n) is 7.97. The maximum atomic E-state index is 9.64. The van der Waals surface area contributed by atoms with Crippen molar-refractivity contribution in [1.82, 2.24) is 0 Å². The zero-order chi connectivity index (χ0) is 10.4. The Bertz CT molecular complexity index is 293. The number of fused-ring (bicyclic) bond motifs is 1. The number of ether oxygens (including phenoxy) is 1. The molecular weight excluding hydrogens is 183 g/mol. The summed E-state index contributed by atoms with van der Waals surface area (Å²) in [6.07, 6.45) is -0.144. The van der Waals surface area contributed by atoms with Gasteiger partial charge in [0.25, 0.3) is 0 Å². The van der Waals surface area contributed by atoms with Gasteiger partial charge in [-0.1, -0.05) is 12.7 Å². The van der Waals surface area contributed by atoms with Crippen LogP contribution in [0.1, 0.15) is 6.92 Å². The van der Waals surface area contributed by atoms with Crippen molar-refractivity contribution >= 4 is 7.85 Å². The first-order valence-electron chi connectivity index (χ1n) is 4.90. The van der Waals surface area contributed by atoms with Crippen molar-refractivity contribution in [2.75, 3.05) is 13.2 Å². The Labute approximate surface area is 83.3 Å². The summed E-state index contributed by atoms with van der Waals surface area (Å²) in [6, 6.07) is 0. The van der Waals surface area contributed by atoms with Gasteiger partial charge in [0.2, 0.25) is 0 Å². The second-order valence-corrected chi connectivity index (χ2v) is 4.89. The second kappa shape index (κ2) is 2.05. The molecule has 0 aromatic heterocycles. The summed E-state index contributed by atoms with van der Waals surface area (Å²) < 4.78 is 5.43. The molecule has 1 aliphatic heterocycles. The van der Waals surface area contributed by atoms with Gasteiger partial charge in [-0.3, -0.25) is 0 Å². The molecule has 2 aliphatic carbocycles. The van der Waals surface area contributed by atoms with E-state index in [-0.39, 0.29) is 24.4 Å². The summed E-state index contributed by atoms with van der Waals surface area (Å²) in [4.78, 5) is 0. The first-order chi connectivity index (χ1) is 6.47. The highest BCUT2D eigenvalue weighted by atomic mass is 16.6. The fraction of sp³-hybridized carbons (Fsp3) is 1.00. The molecule has 0 amide bonds. The van der Waals surface area contributed by atoms with Gasteiger partial charge in [-0.15, -0.1) is 0 Å². The van der Waals surface area contributed by atoms with Gasteiger partial charge >= 0.3 is 0 Å². The number of hydrogen-bond donors (Lipinski definition) is 3. The van der Waals surface area contributed by atoms with E-state index in [1.165, 1.54) is 0 Å². The summed E-state index contributed by atoms with van der Waals surface area (Å²) >= 11 is 0. The second-order valence-electron chi connectivity index (χ2n) is 4.89. The smallest absolute Gasteiger partial charge is 0.181 e. The van der Waals surface area contributed by atoms with Crippen LogP contribution in [0.15, 0.2) is 0 Å². The average molecular weight is 196 g/mol. The van der Waals surface area contributed by atoms with Gasteiger partial charge < -0.3 is 20.1 Å². The van der Waals surface area contributed by atoms with Crippen molar-refractivity contribution in [3.63, 3.8) is 0 Å². The predicted molar refractivity (Wildman–Crippen MR) is 47.5 cm³/mol. The number of aliphatic hydroxyl groups excluding tert-OH is 1. The Morgan fingerprint density at radius 2 is 2.21 bits per heavy atom. The molecule has 2 radical (unpaired) electrons. The van der Waals surface area contributed by atoms with Crippen molar-refractivity contribution in [3.05, 3.63) is 0 Å². The predicted octanol–water partition coefficient (Wildman–Crippen LogP) is -1.35. The molecule has 3 N–H and O–H groups in total. The summed E-state index contributed by atoms with van der Waals surface area (Å²) in [5.74, 6) is -1.84. The van der Waals surface area contributed by atoms with E-state index in [0.717, 1.165) is 0 Å². The summed E-state index contributed by atoms with van der Waals surface area (Å²) in [6.45, 7) is 1.94. The maximum absolute atomic E-state index is 9.64. The molecule has 5 atom stereocenters. The van der Waals surface area contributed by atoms with Crippen LogP contribution in [-0.4, -0.2) is 48.3 Å². The summed E-state index contributed by atoms with van der Waals surface area (Å²) in [7, 11) is 5.73. The lowest BCUT2D eigenvalue weighted by atomic mass is 9.77. The molecule has 2 unspecified atom stereocenters. The summed E-state index contributed by atoms with van der Waals surface area (Å²) in [5.41, 5.74) is -1.36. The normalized spacial score (nSPS) is 58.9. The van der Waals surface area contributed by atoms with E-state index in [0.29, 0.717) is 6.61 Å². The van der Waals surface area contributed by atoms with Crippen LogP contribution in [0.5, 0.6) is 0 Å². The Morgan fingerprint density at radius 3 is 2.64 bits per heavy atom. The lowest BCUT2D eigenvalue weighted by molar-refractivity contribution is -0.169. The van der Waals surface area contributed by atoms with Gasteiger partial charge in [0.1, 0.15) is 0 Å². The lowest BCUT2D eigenvalue weighted by Gasteiger charge is -2.26. The highest BCUT2D eigenvalue weighted by molar-refractivity contribution is 6.11. The average Bonchev–Trinajstić information content (AvgIpc) is 2.75. The largest absolute Gasteiger partial charge is 0.396 e. The van der Waals surface area contributed by atoms with E-state index < -0.39 is 16.6 Å². The van der Waals surface area contributed by atoms with Gasteiger partial charge in [-0.2, -0.15) is 0 Å². The molecule has 3 rings (SSSR count). The van der Waals surface area contributed by atoms with Crippen molar-refractivity contribution in [3.8, 4) is 0 Å². The molecule has 2 saturated carbocycles. The Kier molecular flexibility index (Phi) is 1.34. The fourth-order valence-electron chi connectivity index (χ4n) is 3.71. The van der Waals surface area contributed by atoms with Crippen molar-refractivity contribution in [2.24, 2.45) is 16.7 Å². The molecule has 1 heterocycles. The molecule has 0 aromatic carbocycles. The molecule has 14 heavy (non-hydrogen) atoms. The monoisotopic (exact) mass is 196 g/mol. The standard InChI is InChI=1S/C9H13BO4/c1-4(10)5-6-7(2-11)8(6,3-14-5)9(7,12)13/h4-6,11-13H,2-3H2,1H3/t4-,5-,6?,7-,8?/m1/s1. The van der Waals surface area contributed by atoms with E-state index in [1.54, 1.807) is 0 Å². The quantitative estimate of drug-likeness (QED) is 0.377. The van der Waals surface area contributed by atoms with E-state index in [9.17, 15) is 15.3 Å². The molecular formula is C9H13BO4.